The number of hydrogen-bond acceptors (Lipinski definition) is 4. The molecule has 33 heavy (non-hydrogen) atoms. The number of para-hydroxylation sites is 1. The van der Waals surface area contributed by atoms with Crippen molar-refractivity contribution in [2.75, 3.05) is 35.4 Å². The van der Waals surface area contributed by atoms with Gasteiger partial charge in [0.25, 0.3) is 10.0 Å². The van der Waals surface area contributed by atoms with Crippen LogP contribution in [-0.4, -0.2) is 40.5 Å². The lowest BCUT2D eigenvalue weighted by Gasteiger charge is -2.31. The first kappa shape index (κ1) is 21.5. The summed E-state index contributed by atoms with van der Waals surface area (Å²) in [5.74, 6) is -0.856. The van der Waals surface area contributed by atoms with Crippen LogP contribution in [0.5, 0.6) is 0 Å². The second-order valence-corrected chi connectivity index (χ2v) is 10.1. The van der Waals surface area contributed by atoms with Crippen molar-refractivity contribution in [2.24, 2.45) is 0 Å². The van der Waals surface area contributed by atoms with E-state index in [1.165, 1.54) is 35.5 Å². The standard InChI is InChI=1S/C25H24FN3O3S/c26-19-10-11-23-21(16-19)20-7-2-4-9-24(20)33(31,32)29(23)17-25(30)27-13-5-14-28-15-12-18-6-1-3-8-22(18)28/h1-4,6-11,16H,5,12-15,17H2,(H,27,30). The Morgan fingerprint density at radius 3 is 2.64 bits per heavy atom. The van der Waals surface area contributed by atoms with Gasteiger partial charge in [-0.25, -0.2) is 12.8 Å². The van der Waals surface area contributed by atoms with Crippen LogP contribution in [0.25, 0.3) is 11.1 Å². The van der Waals surface area contributed by atoms with Crippen molar-refractivity contribution in [1.29, 1.82) is 0 Å². The minimum atomic E-state index is -3.94. The van der Waals surface area contributed by atoms with Crippen molar-refractivity contribution in [2.45, 2.75) is 17.7 Å². The SMILES string of the molecule is O=C(CN1c2ccc(F)cc2-c2ccccc2S1(=O)=O)NCCCN1CCc2ccccc21. The van der Waals surface area contributed by atoms with Crippen LogP contribution in [-0.2, 0) is 21.2 Å². The van der Waals surface area contributed by atoms with Gasteiger partial charge in [0.15, 0.2) is 0 Å². The van der Waals surface area contributed by atoms with Crippen LogP contribution < -0.4 is 14.5 Å². The molecule has 170 valence electrons. The van der Waals surface area contributed by atoms with E-state index >= 15 is 0 Å². The van der Waals surface area contributed by atoms with Gasteiger partial charge in [0.2, 0.25) is 5.91 Å². The molecule has 2 aliphatic heterocycles. The lowest BCUT2D eigenvalue weighted by atomic mass is 10.0. The van der Waals surface area contributed by atoms with Crippen LogP contribution in [0, 0.1) is 5.82 Å². The Morgan fingerprint density at radius 1 is 0.970 bits per heavy atom. The number of benzene rings is 3. The Hall–Kier alpha value is -3.39. The van der Waals surface area contributed by atoms with Gasteiger partial charge in [-0.2, -0.15) is 0 Å². The molecule has 6 nitrogen and oxygen atoms in total. The number of nitrogens with zero attached hydrogens (tertiary/aromatic N) is 2. The quantitative estimate of drug-likeness (QED) is 0.565. The van der Waals surface area contributed by atoms with E-state index in [2.05, 4.69) is 22.3 Å². The molecule has 0 unspecified atom stereocenters. The fourth-order valence-corrected chi connectivity index (χ4v) is 6.25. The maximum atomic E-state index is 13.9. The zero-order chi connectivity index (χ0) is 23.0. The van der Waals surface area contributed by atoms with Crippen LogP contribution in [0.15, 0.2) is 71.6 Å². The number of carbonyl (C=O) groups excluding carboxylic acids is 1. The summed E-state index contributed by atoms with van der Waals surface area (Å²) in [6.45, 7) is 1.86. The van der Waals surface area contributed by atoms with Crippen molar-refractivity contribution in [3.05, 3.63) is 78.1 Å². The van der Waals surface area contributed by atoms with E-state index in [9.17, 15) is 17.6 Å². The van der Waals surface area contributed by atoms with Gasteiger partial charge < -0.3 is 10.2 Å². The molecule has 0 fully saturated rings. The second kappa shape index (κ2) is 8.51. The Kier molecular flexibility index (Phi) is 5.54. The minimum absolute atomic E-state index is 0.0728. The highest BCUT2D eigenvalue weighted by Crippen LogP contribution is 2.43. The van der Waals surface area contributed by atoms with E-state index in [1.54, 1.807) is 18.2 Å². The van der Waals surface area contributed by atoms with Crippen LogP contribution >= 0.6 is 0 Å². The predicted octanol–water partition coefficient (Wildman–Crippen LogP) is 3.57. The first-order chi connectivity index (χ1) is 15.9. The molecule has 0 aromatic heterocycles. The second-order valence-electron chi connectivity index (χ2n) is 8.24. The normalized spacial score (nSPS) is 15.5. The van der Waals surface area contributed by atoms with Gasteiger partial charge >= 0.3 is 0 Å². The molecular weight excluding hydrogens is 441 g/mol. The molecule has 1 amide bonds. The summed E-state index contributed by atoms with van der Waals surface area (Å²) >= 11 is 0. The first-order valence-corrected chi connectivity index (χ1v) is 12.4. The van der Waals surface area contributed by atoms with E-state index in [-0.39, 0.29) is 11.4 Å². The highest BCUT2D eigenvalue weighted by molar-refractivity contribution is 7.93. The number of nitrogens with one attached hydrogen (secondary N) is 1. The van der Waals surface area contributed by atoms with Crippen LogP contribution in [0.1, 0.15) is 12.0 Å². The van der Waals surface area contributed by atoms with Crippen molar-refractivity contribution in [1.82, 2.24) is 5.32 Å². The molecule has 3 aromatic carbocycles. The molecule has 0 spiro atoms. The third-order valence-corrected chi connectivity index (χ3v) is 7.99. The lowest BCUT2D eigenvalue weighted by molar-refractivity contribution is -0.119. The molecule has 3 aromatic rings. The number of fused-ring (bicyclic) bond motifs is 4. The molecule has 1 N–H and O–H groups in total. The monoisotopic (exact) mass is 465 g/mol. The number of anilines is 2. The maximum Gasteiger partial charge on any atom is 0.265 e. The van der Waals surface area contributed by atoms with Gasteiger partial charge in [-0.05, 0) is 48.7 Å². The largest absolute Gasteiger partial charge is 0.371 e. The van der Waals surface area contributed by atoms with E-state index < -0.39 is 21.7 Å². The number of hydrogen-bond donors (Lipinski definition) is 1. The third kappa shape index (κ3) is 3.95. The van der Waals surface area contributed by atoms with E-state index in [1.807, 2.05) is 12.1 Å². The van der Waals surface area contributed by atoms with Crippen molar-refractivity contribution in [3.8, 4) is 11.1 Å². The maximum absolute atomic E-state index is 13.9. The molecule has 8 heteroatoms. The Morgan fingerprint density at radius 2 is 1.76 bits per heavy atom. The molecule has 0 aliphatic carbocycles. The molecule has 2 heterocycles. The summed E-state index contributed by atoms with van der Waals surface area (Å²) in [7, 11) is -3.94. The van der Waals surface area contributed by atoms with Gasteiger partial charge in [0.1, 0.15) is 12.4 Å². The molecule has 0 radical (unpaired) electrons. The number of amides is 1. The van der Waals surface area contributed by atoms with Crippen LogP contribution in [0.2, 0.25) is 0 Å². The molecule has 0 saturated heterocycles. The third-order valence-electron chi connectivity index (χ3n) is 6.17. The Labute approximate surface area is 192 Å². The summed E-state index contributed by atoms with van der Waals surface area (Å²) in [4.78, 5) is 15.1. The summed E-state index contributed by atoms with van der Waals surface area (Å²) < 4.78 is 41.5. The van der Waals surface area contributed by atoms with Gasteiger partial charge in [-0.3, -0.25) is 9.10 Å². The number of sulfonamides is 1. The van der Waals surface area contributed by atoms with Gasteiger partial charge in [0, 0.05) is 36.4 Å². The molecule has 5 rings (SSSR count). The van der Waals surface area contributed by atoms with Crippen LogP contribution in [0.4, 0.5) is 15.8 Å². The van der Waals surface area contributed by atoms with E-state index in [4.69, 9.17) is 0 Å². The molecule has 0 saturated carbocycles. The zero-order valence-corrected chi connectivity index (χ0v) is 18.8. The van der Waals surface area contributed by atoms with E-state index in [0.29, 0.717) is 23.4 Å². The fourth-order valence-electron chi connectivity index (χ4n) is 4.60. The van der Waals surface area contributed by atoms with Gasteiger partial charge in [-0.1, -0.05) is 36.4 Å². The van der Waals surface area contributed by atoms with Crippen molar-refractivity contribution < 1.29 is 17.6 Å². The lowest BCUT2D eigenvalue weighted by Crippen LogP contribution is -2.43. The summed E-state index contributed by atoms with van der Waals surface area (Å²) in [5, 5.41) is 2.84. The smallest absolute Gasteiger partial charge is 0.265 e. The number of carbonyl (C=O) groups is 1. The Balaban J connectivity index is 1.26. The molecule has 0 atom stereocenters. The highest BCUT2D eigenvalue weighted by Gasteiger charge is 2.36. The predicted molar refractivity (Wildman–Crippen MR) is 126 cm³/mol. The number of rotatable bonds is 6. The average Bonchev–Trinajstić information content (AvgIpc) is 3.23. The summed E-state index contributed by atoms with van der Waals surface area (Å²) in [6, 6.07) is 18.7. The first-order valence-electron chi connectivity index (χ1n) is 11.0. The van der Waals surface area contributed by atoms with Gasteiger partial charge in [-0.15, -0.1) is 0 Å². The molecular formula is C25H24FN3O3S. The molecule has 2 aliphatic rings. The fraction of sp³-hybridized carbons (Fsp3) is 0.240. The summed E-state index contributed by atoms with van der Waals surface area (Å²) in [5.41, 5.74) is 3.78. The van der Waals surface area contributed by atoms with Crippen LogP contribution in [0.3, 0.4) is 0 Å². The number of halogens is 1. The Bertz CT molecular complexity index is 1330. The van der Waals surface area contributed by atoms with Crippen molar-refractivity contribution >= 4 is 27.3 Å². The topological polar surface area (TPSA) is 69.7 Å². The summed E-state index contributed by atoms with van der Waals surface area (Å²) in [6.07, 6.45) is 1.77. The highest BCUT2D eigenvalue weighted by atomic mass is 32.2. The van der Waals surface area contributed by atoms with Crippen molar-refractivity contribution in [3.63, 3.8) is 0 Å². The van der Waals surface area contributed by atoms with E-state index in [0.717, 1.165) is 30.2 Å². The van der Waals surface area contributed by atoms with Gasteiger partial charge in [0.05, 0.1) is 10.6 Å². The average molecular weight is 466 g/mol. The zero-order valence-electron chi connectivity index (χ0n) is 18.0. The minimum Gasteiger partial charge on any atom is -0.371 e. The molecule has 0 bridgehead atoms.